The molecule has 0 aliphatic heterocycles. The van der Waals surface area contributed by atoms with E-state index >= 15 is 0 Å². The van der Waals surface area contributed by atoms with Crippen LogP contribution in [0.5, 0.6) is 0 Å². The second-order valence-corrected chi connectivity index (χ2v) is 3.04. The maximum Gasteiger partial charge on any atom is 0.108 e. The van der Waals surface area contributed by atoms with Gasteiger partial charge in [0.25, 0.3) is 0 Å². The fourth-order valence-corrected chi connectivity index (χ4v) is 1.14. The van der Waals surface area contributed by atoms with E-state index in [1.165, 1.54) is 5.82 Å². The first kappa shape index (κ1) is 7.79. The van der Waals surface area contributed by atoms with Gasteiger partial charge in [0.2, 0.25) is 0 Å². The molecule has 0 amide bonds. The highest BCUT2D eigenvalue weighted by Gasteiger charge is 1.95. The Bertz CT molecular complexity index is 195. The molecule has 0 aromatic carbocycles. The monoisotopic (exact) mass is 202 g/mol. The van der Waals surface area contributed by atoms with Crippen LogP contribution >= 0.6 is 15.9 Å². The van der Waals surface area contributed by atoms with Crippen LogP contribution in [0.2, 0.25) is 0 Å². The number of halogens is 1. The average molecular weight is 203 g/mol. The van der Waals surface area contributed by atoms with Crippen LogP contribution < -0.4 is 0 Å². The smallest absolute Gasteiger partial charge is 0.108 e. The van der Waals surface area contributed by atoms with Gasteiger partial charge in [-0.2, -0.15) is 0 Å². The number of aromatic nitrogens is 2. The minimum Gasteiger partial charge on any atom is -0.338 e. The fraction of sp³-hybridized carbons (Fsp3) is 0.571. The lowest BCUT2D eigenvalue weighted by Gasteiger charge is -1.97. The topological polar surface area (TPSA) is 17.8 Å². The number of hydrogen-bond donors (Lipinski definition) is 0. The summed E-state index contributed by atoms with van der Waals surface area (Å²) in [5, 5.41) is 1.06. The first-order chi connectivity index (χ1) is 4.84. The fourth-order valence-electron chi connectivity index (χ4n) is 0.862. The van der Waals surface area contributed by atoms with Gasteiger partial charge in [0.15, 0.2) is 0 Å². The van der Waals surface area contributed by atoms with Crippen LogP contribution in [0.4, 0.5) is 0 Å². The third-order valence-electron chi connectivity index (χ3n) is 1.45. The van der Waals surface area contributed by atoms with Crippen molar-refractivity contribution in [3.05, 3.63) is 18.2 Å². The quantitative estimate of drug-likeness (QED) is 0.684. The second kappa shape index (κ2) is 3.76. The van der Waals surface area contributed by atoms with Gasteiger partial charge in [-0.05, 0) is 6.42 Å². The van der Waals surface area contributed by atoms with E-state index in [1.54, 1.807) is 0 Å². The molecule has 0 spiro atoms. The van der Waals surface area contributed by atoms with Crippen molar-refractivity contribution in [2.24, 2.45) is 7.05 Å². The van der Waals surface area contributed by atoms with Crippen molar-refractivity contribution in [2.75, 3.05) is 5.33 Å². The Hall–Kier alpha value is -0.310. The highest BCUT2D eigenvalue weighted by Crippen LogP contribution is 1.99. The van der Waals surface area contributed by atoms with Gasteiger partial charge in [0.05, 0.1) is 0 Å². The van der Waals surface area contributed by atoms with E-state index in [-0.39, 0.29) is 0 Å². The molecule has 0 N–H and O–H groups in total. The molecule has 0 saturated heterocycles. The van der Waals surface area contributed by atoms with E-state index < -0.39 is 0 Å². The number of alkyl halides is 1. The van der Waals surface area contributed by atoms with E-state index in [2.05, 4.69) is 25.5 Å². The molecule has 56 valence electrons. The van der Waals surface area contributed by atoms with Gasteiger partial charge >= 0.3 is 0 Å². The van der Waals surface area contributed by atoms with E-state index in [9.17, 15) is 0 Å². The summed E-state index contributed by atoms with van der Waals surface area (Å²) in [5.41, 5.74) is 0. The molecule has 10 heavy (non-hydrogen) atoms. The second-order valence-electron chi connectivity index (χ2n) is 2.25. The molecular formula is C7H11BrN2. The van der Waals surface area contributed by atoms with Crippen molar-refractivity contribution >= 4 is 15.9 Å². The van der Waals surface area contributed by atoms with Crippen molar-refractivity contribution in [1.82, 2.24) is 9.55 Å². The average Bonchev–Trinajstić information content (AvgIpc) is 2.31. The summed E-state index contributed by atoms with van der Waals surface area (Å²) in [4.78, 5) is 4.20. The van der Waals surface area contributed by atoms with Crippen molar-refractivity contribution in [3.8, 4) is 0 Å². The lowest BCUT2D eigenvalue weighted by atomic mass is 10.3. The standard InChI is InChI=1S/C7H11BrN2/c1-10-6-5-9-7(10)3-2-4-8/h5-6H,2-4H2,1H3. The number of rotatable bonds is 3. The summed E-state index contributed by atoms with van der Waals surface area (Å²) in [6.07, 6.45) is 6.03. The number of hydrogen-bond acceptors (Lipinski definition) is 1. The minimum atomic E-state index is 1.06. The van der Waals surface area contributed by atoms with Crippen LogP contribution in [0, 0.1) is 0 Å². The Morgan fingerprint density at radius 1 is 1.70 bits per heavy atom. The maximum atomic E-state index is 4.20. The highest BCUT2D eigenvalue weighted by atomic mass is 79.9. The summed E-state index contributed by atoms with van der Waals surface area (Å²) in [5.74, 6) is 1.17. The van der Waals surface area contributed by atoms with Gasteiger partial charge in [-0.15, -0.1) is 0 Å². The molecule has 1 rings (SSSR count). The molecule has 1 aromatic rings. The zero-order valence-corrected chi connectivity index (χ0v) is 7.63. The lowest BCUT2D eigenvalue weighted by Crippen LogP contribution is -1.96. The number of imidazole rings is 1. The normalized spacial score (nSPS) is 10.2. The largest absolute Gasteiger partial charge is 0.338 e. The van der Waals surface area contributed by atoms with Gasteiger partial charge in [0.1, 0.15) is 5.82 Å². The molecule has 0 bridgehead atoms. The van der Waals surface area contributed by atoms with Crippen LogP contribution in [0.15, 0.2) is 12.4 Å². The summed E-state index contributed by atoms with van der Waals surface area (Å²) in [6, 6.07) is 0. The van der Waals surface area contributed by atoms with Crippen LogP contribution in [0.25, 0.3) is 0 Å². The Morgan fingerprint density at radius 2 is 2.50 bits per heavy atom. The molecule has 1 heterocycles. The molecule has 0 aliphatic carbocycles. The lowest BCUT2D eigenvalue weighted by molar-refractivity contribution is 0.764. The SMILES string of the molecule is Cn1ccnc1CCCBr. The molecular weight excluding hydrogens is 192 g/mol. The summed E-state index contributed by atoms with van der Waals surface area (Å²) >= 11 is 3.38. The third-order valence-corrected chi connectivity index (χ3v) is 2.02. The predicted octanol–water partition coefficient (Wildman–Crippen LogP) is 1.75. The molecule has 0 radical (unpaired) electrons. The highest BCUT2D eigenvalue weighted by molar-refractivity contribution is 9.09. The minimum absolute atomic E-state index is 1.06. The van der Waals surface area contributed by atoms with E-state index in [0.29, 0.717) is 0 Å². The molecule has 0 aliphatic rings. The molecule has 0 fully saturated rings. The molecule has 3 heteroatoms. The first-order valence-electron chi connectivity index (χ1n) is 3.36. The van der Waals surface area contributed by atoms with Crippen LogP contribution in [-0.4, -0.2) is 14.9 Å². The zero-order valence-electron chi connectivity index (χ0n) is 6.05. The summed E-state index contributed by atoms with van der Waals surface area (Å²) in [6.45, 7) is 0. The van der Waals surface area contributed by atoms with Gasteiger partial charge in [-0.25, -0.2) is 4.98 Å². The third kappa shape index (κ3) is 1.84. The van der Waals surface area contributed by atoms with Crippen LogP contribution in [0.3, 0.4) is 0 Å². The summed E-state index contributed by atoms with van der Waals surface area (Å²) in [7, 11) is 2.02. The Morgan fingerprint density at radius 3 is 3.00 bits per heavy atom. The van der Waals surface area contributed by atoms with Crippen molar-refractivity contribution < 1.29 is 0 Å². The Labute approximate surface area is 69.4 Å². The Balaban J connectivity index is 2.49. The zero-order chi connectivity index (χ0) is 7.40. The van der Waals surface area contributed by atoms with Crippen molar-refractivity contribution in [3.63, 3.8) is 0 Å². The molecule has 2 nitrogen and oxygen atoms in total. The predicted molar refractivity (Wildman–Crippen MR) is 45.3 cm³/mol. The van der Waals surface area contributed by atoms with E-state index in [1.807, 2.05) is 19.4 Å². The Kier molecular flexibility index (Phi) is 2.93. The molecule has 1 aromatic heterocycles. The van der Waals surface area contributed by atoms with E-state index in [0.717, 1.165) is 18.2 Å². The van der Waals surface area contributed by atoms with Gasteiger partial charge in [-0.1, -0.05) is 15.9 Å². The van der Waals surface area contributed by atoms with Crippen molar-refractivity contribution in [2.45, 2.75) is 12.8 Å². The van der Waals surface area contributed by atoms with E-state index in [4.69, 9.17) is 0 Å². The van der Waals surface area contributed by atoms with Crippen molar-refractivity contribution in [1.29, 1.82) is 0 Å². The summed E-state index contributed by atoms with van der Waals surface area (Å²) < 4.78 is 2.06. The molecule has 0 unspecified atom stereocenters. The van der Waals surface area contributed by atoms with Gasteiger partial charge < -0.3 is 4.57 Å². The first-order valence-corrected chi connectivity index (χ1v) is 4.49. The number of aryl methyl sites for hydroxylation is 2. The van der Waals surface area contributed by atoms with Gasteiger partial charge in [-0.3, -0.25) is 0 Å². The van der Waals surface area contributed by atoms with Crippen LogP contribution in [-0.2, 0) is 13.5 Å². The molecule has 0 atom stereocenters. The number of nitrogens with zero attached hydrogens (tertiary/aromatic N) is 2. The molecule has 0 saturated carbocycles. The van der Waals surface area contributed by atoms with Crippen LogP contribution in [0.1, 0.15) is 12.2 Å². The van der Waals surface area contributed by atoms with Gasteiger partial charge in [0, 0.05) is 31.2 Å². The maximum absolute atomic E-state index is 4.20.